The summed E-state index contributed by atoms with van der Waals surface area (Å²) in [5, 5.41) is 11.7. The summed E-state index contributed by atoms with van der Waals surface area (Å²) < 4.78 is 10.2. The highest BCUT2D eigenvalue weighted by Gasteiger charge is 2.10. The number of methoxy groups -OCH3 is 2. The second-order valence-electron chi connectivity index (χ2n) is 3.95. The van der Waals surface area contributed by atoms with Crippen molar-refractivity contribution in [3.8, 4) is 17.2 Å². The number of ketones is 1. The maximum atomic E-state index is 11.8. The van der Waals surface area contributed by atoms with Gasteiger partial charge in [0.2, 0.25) is 5.75 Å². The predicted octanol–water partition coefficient (Wildman–Crippen LogP) is 3.37. The second kappa shape index (κ2) is 6.25. The van der Waals surface area contributed by atoms with E-state index in [0.29, 0.717) is 16.2 Å². The van der Waals surface area contributed by atoms with E-state index in [-0.39, 0.29) is 17.3 Å². The molecule has 1 aromatic carbocycles. The number of carbonyl (C=O) groups excluding carboxylic acids is 1. The van der Waals surface area contributed by atoms with Crippen LogP contribution in [0, 0.1) is 0 Å². The molecule has 0 saturated carbocycles. The maximum absolute atomic E-state index is 11.8. The lowest BCUT2D eigenvalue weighted by Gasteiger charge is -2.10. The Bertz CT molecular complexity index is 630. The minimum atomic E-state index is -0.0747. The first-order valence-corrected chi connectivity index (χ1v) is 6.74. The van der Waals surface area contributed by atoms with Crippen LogP contribution >= 0.6 is 11.3 Å². The van der Waals surface area contributed by atoms with Crippen molar-refractivity contribution in [1.29, 1.82) is 0 Å². The number of carbonyl (C=O) groups is 1. The summed E-state index contributed by atoms with van der Waals surface area (Å²) in [6.45, 7) is 0. The molecule has 0 bridgehead atoms. The van der Waals surface area contributed by atoms with E-state index in [4.69, 9.17) is 9.47 Å². The Kier molecular flexibility index (Phi) is 4.42. The summed E-state index contributed by atoms with van der Waals surface area (Å²) >= 11 is 1.39. The van der Waals surface area contributed by atoms with Crippen LogP contribution in [0.15, 0.2) is 35.7 Å². The Morgan fingerprint density at radius 1 is 1.30 bits per heavy atom. The van der Waals surface area contributed by atoms with Gasteiger partial charge in [-0.3, -0.25) is 4.79 Å². The quantitative estimate of drug-likeness (QED) is 0.677. The summed E-state index contributed by atoms with van der Waals surface area (Å²) in [4.78, 5) is 12.5. The van der Waals surface area contributed by atoms with E-state index in [1.54, 1.807) is 18.2 Å². The zero-order valence-electron chi connectivity index (χ0n) is 11.1. The molecular weight excluding hydrogens is 276 g/mol. The van der Waals surface area contributed by atoms with E-state index < -0.39 is 0 Å². The summed E-state index contributed by atoms with van der Waals surface area (Å²) in [6.07, 6.45) is 3.09. The summed E-state index contributed by atoms with van der Waals surface area (Å²) in [7, 11) is 2.94. The SMILES string of the molecule is COc1cc(/C=C/C(=O)c2cccs2)cc(O)c1OC. The van der Waals surface area contributed by atoms with Crippen molar-refractivity contribution in [3.63, 3.8) is 0 Å². The zero-order valence-corrected chi connectivity index (χ0v) is 11.9. The van der Waals surface area contributed by atoms with Gasteiger partial charge in [-0.1, -0.05) is 12.1 Å². The Morgan fingerprint density at radius 2 is 2.10 bits per heavy atom. The average molecular weight is 290 g/mol. The summed E-state index contributed by atoms with van der Waals surface area (Å²) in [5.74, 6) is 0.578. The fourth-order valence-electron chi connectivity index (χ4n) is 1.73. The number of ether oxygens (including phenoxy) is 2. The first kappa shape index (κ1) is 14.1. The van der Waals surface area contributed by atoms with Crippen molar-refractivity contribution < 1.29 is 19.4 Å². The fourth-order valence-corrected chi connectivity index (χ4v) is 2.38. The first-order chi connectivity index (χ1) is 9.65. The third-order valence-corrected chi connectivity index (χ3v) is 3.56. The van der Waals surface area contributed by atoms with Gasteiger partial charge in [-0.2, -0.15) is 0 Å². The third-order valence-electron chi connectivity index (χ3n) is 2.67. The monoisotopic (exact) mass is 290 g/mol. The van der Waals surface area contributed by atoms with E-state index in [9.17, 15) is 9.90 Å². The van der Waals surface area contributed by atoms with Crippen LogP contribution in [0.4, 0.5) is 0 Å². The van der Waals surface area contributed by atoms with E-state index in [1.165, 1.54) is 37.7 Å². The molecule has 2 aromatic rings. The molecule has 4 nitrogen and oxygen atoms in total. The standard InChI is InChI=1S/C15H14O4S/c1-18-13-9-10(8-12(17)15(13)19-2)5-6-11(16)14-4-3-7-20-14/h3-9,17H,1-2H3/b6-5+. The largest absolute Gasteiger partial charge is 0.504 e. The Balaban J connectivity index is 2.26. The molecule has 0 fully saturated rings. The van der Waals surface area contributed by atoms with Crippen molar-refractivity contribution in [2.75, 3.05) is 14.2 Å². The molecule has 0 radical (unpaired) electrons. The van der Waals surface area contributed by atoms with Gasteiger partial charge in [0.1, 0.15) is 0 Å². The van der Waals surface area contributed by atoms with Crippen LogP contribution in [0.3, 0.4) is 0 Å². The topological polar surface area (TPSA) is 55.8 Å². The third kappa shape index (κ3) is 3.00. The Hall–Kier alpha value is -2.27. The highest BCUT2D eigenvalue weighted by molar-refractivity contribution is 7.12. The van der Waals surface area contributed by atoms with Gasteiger partial charge in [0.05, 0.1) is 19.1 Å². The number of thiophene rings is 1. The molecule has 20 heavy (non-hydrogen) atoms. The molecule has 0 unspecified atom stereocenters. The molecule has 0 aliphatic heterocycles. The molecule has 5 heteroatoms. The van der Waals surface area contributed by atoms with Crippen LogP contribution in [0.2, 0.25) is 0 Å². The lowest BCUT2D eigenvalue weighted by Crippen LogP contribution is -1.92. The normalized spacial score (nSPS) is 10.7. The van der Waals surface area contributed by atoms with E-state index in [0.717, 1.165) is 0 Å². The molecular formula is C15H14O4S. The number of phenols is 1. The molecule has 0 aliphatic carbocycles. The van der Waals surface area contributed by atoms with Gasteiger partial charge in [-0.05, 0) is 35.2 Å². The van der Waals surface area contributed by atoms with Crippen molar-refractivity contribution in [2.45, 2.75) is 0 Å². The molecule has 1 heterocycles. The molecule has 104 valence electrons. The van der Waals surface area contributed by atoms with Gasteiger partial charge >= 0.3 is 0 Å². The first-order valence-electron chi connectivity index (χ1n) is 5.86. The van der Waals surface area contributed by atoms with E-state index >= 15 is 0 Å². The van der Waals surface area contributed by atoms with Crippen LogP contribution in [0.5, 0.6) is 17.2 Å². The smallest absolute Gasteiger partial charge is 0.203 e. The van der Waals surface area contributed by atoms with Crippen molar-refractivity contribution in [2.24, 2.45) is 0 Å². The van der Waals surface area contributed by atoms with E-state index in [2.05, 4.69) is 0 Å². The minimum absolute atomic E-state index is 0.0323. The van der Waals surface area contributed by atoms with Gasteiger partial charge < -0.3 is 14.6 Å². The van der Waals surface area contributed by atoms with Crippen LogP contribution < -0.4 is 9.47 Å². The van der Waals surface area contributed by atoms with Crippen LogP contribution in [-0.2, 0) is 0 Å². The minimum Gasteiger partial charge on any atom is -0.504 e. The highest BCUT2D eigenvalue weighted by Crippen LogP contribution is 2.37. The number of hydrogen-bond donors (Lipinski definition) is 1. The average Bonchev–Trinajstić information content (AvgIpc) is 2.98. The van der Waals surface area contributed by atoms with Gasteiger partial charge in [0, 0.05) is 0 Å². The lowest BCUT2D eigenvalue weighted by atomic mass is 10.1. The Labute approximate surface area is 120 Å². The van der Waals surface area contributed by atoms with Gasteiger partial charge in [-0.15, -0.1) is 11.3 Å². The lowest BCUT2D eigenvalue weighted by molar-refractivity contribution is 0.105. The van der Waals surface area contributed by atoms with Crippen molar-refractivity contribution in [1.82, 2.24) is 0 Å². The summed E-state index contributed by atoms with van der Waals surface area (Å²) in [5.41, 5.74) is 0.657. The molecule has 0 atom stereocenters. The van der Waals surface area contributed by atoms with Gasteiger partial charge in [0.15, 0.2) is 17.3 Å². The second-order valence-corrected chi connectivity index (χ2v) is 4.90. The Morgan fingerprint density at radius 3 is 2.70 bits per heavy atom. The number of allylic oxidation sites excluding steroid dienone is 1. The number of hydrogen-bond acceptors (Lipinski definition) is 5. The number of aromatic hydroxyl groups is 1. The van der Waals surface area contributed by atoms with Crippen LogP contribution in [0.25, 0.3) is 6.08 Å². The summed E-state index contributed by atoms with van der Waals surface area (Å²) in [6, 6.07) is 6.80. The predicted molar refractivity (Wildman–Crippen MR) is 78.9 cm³/mol. The molecule has 0 aliphatic rings. The molecule has 2 rings (SSSR count). The van der Waals surface area contributed by atoms with Crippen LogP contribution in [-0.4, -0.2) is 25.1 Å². The molecule has 1 aromatic heterocycles. The number of rotatable bonds is 5. The van der Waals surface area contributed by atoms with Crippen LogP contribution in [0.1, 0.15) is 15.2 Å². The number of phenolic OH excluding ortho intramolecular Hbond substituents is 1. The maximum Gasteiger partial charge on any atom is 0.203 e. The molecule has 0 saturated heterocycles. The molecule has 1 N–H and O–H groups in total. The van der Waals surface area contributed by atoms with Crippen molar-refractivity contribution >= 4 is 23.2 Å². The molecule has 0 amide bonds. The fraction of sp³-hybridized carbons (Fsp3) is 0.133. The van der Waals surface area contributed by atoms with Crippen molar-refractivity contribution in [3.05, 3.63) is 46.2 Å². The van der Waals surface area contributed by atoms with Gasteiger partial charge in [0.25, 0.3) is 0 Å². The number of benzene rings is 1. The van der Waals surface area contributed by atoms with Gasteiger partial charge in [-0.25, -0.2) is 0 Å². The molecule has 0 spiro atoms. The highest BCUT2D eigenvalue weighted by atomic mass is 32.1. The zero-order chi connectivity index (χ0) is 14.5. The van der Waals surface area contributed by atoms with E-state index in [1.807, 2.05) is 11.4 Å².